The van der Waals surface area contributed by atoms with Crippen molar-refractivity contribution in [3.05, 3.63) is 35.4 Å². The molecule has 0 aromatic heterocycles. The Balaban J connectivity index is 2.39. The summed E-state index contributed by atoms with van der Waals surface area (Å²) in [6.45, 7) is 2.65. The van der Waals surface area contributed by atoms with E-state index in [1.54, 1.807) is 0 Å². The van der Waals surface area contributed by atoms with Crippen molar-refractivity contribution >= 4 is 0 Å². The molecule has 3 N–H and O–H groups in total. The quantitative estimate of drug-likeness (QED) is 0.790. The van der Waals surface area contributed by atoms with Crippen molar-refractivity contribution in [2.75, 3.05) is 6.54 Å². The normalized spacial score (nSPS) is 26.3. The highest BCUT2D eigenvalue weighted by atomic mass is 16.3. The highest BCUT2D eigenvalue weighted by Gasteiger charge is 2.41. The van der Waals surface area contributed by atoms with Crippen LogP contribution in [0.5, 0.6) is 0 Å². The average Bonchev–Trinajstić information content (AvgIpc) is 2.60. The third kappa shape index (κ3) is 1.58. The fourth-order valence-corrected chi connectivity index (χ4v) is 2.74. The van der Waals surface area contributed by atoms with Gasteiger partial charge in [-0.05, 0) is 36.9 Å². The molecule has 2 rings (SSSR count). The molecule has 0 amide bonds. The van der Waals surface area contributed by atoms with Gasteiger partial charge in [0.05, 0.1) is 5.60 Å². The first-order valence-corrected chi connectivity index (χ1v) is 5.73. The van der Waals surface area contributed by atoms with Crippen LogP contribution in [0.3, 0.4) is 0 Å². The second kappa shape index (κ2) is 3.95. The largest absolute Gasteiger partial charge is 0.385 e. The average molecular weight is 205 g/mol. The molecule has 0 saturated carbocycles. The van der Waals surface area contributed by atoms with Gasteiger partial charge in [0.15, 0.2) is 0 Å². The Morgan fingerprint density at radius 1 is 1.47 bits per heavy atom. The molecule has 2 atom stereocenters. The monoisotopic (exact) mass is 205 g/mol. The van der Waals surface area contributed by atoms with Crippen LogP contribution in [0.1, 0.15) is 30.9 Å². The summed E-state index contributed by atoms with van der Waals surface area (Å²) in [5, 5.41) is 10.7. The lowest BCUT2D eigenvalue weighted by Gasteiger charge is -2.32. The van der Waals surface area contributed by atoms with Crippen LogP contribution < -0.4 is 5.73 Å². The van der Waals surface area contributed by atoms with Crippen LogP contribution in [0.15, 0.2) is 24.3 Å². The van der Waals surface area contributed by atoms with E-state index >= 15 is 0 Å². The molecular weight excluding hydrogens is 186 g/mol. The summed E-state index contributed by atoms with van der Waals surface area (Å²) in [4.78, 5) is 0. The van der Waals surface area contributed by atoms with Crippen LogP contribution in [0, 0.1) is 5.92 Å². The second-order valence-electron chi connectivity index (χ2n) is 4.42. The molecule has 0 fully saturated rings. The molecule has 0 radical (unpaired) electrons. The lowest BCUT2D eigenvalue weighted by Crippen LogP contribution is -2.37. The summed E-state index contributed by atoms with van der Waals surface area (Å²) in [6.07, 6.45) is 2.73. The van der Waals surface area contributed by atoms with Gasteiger partial charge in [-0.2, -0.15) is 0 Å². The minimum atomic E-state index is -0.680. The zero-order valence-electron chi connectivity index (χ0n) is 9.24. The summed E-state index contributed by atoms with van der Waals surface area (Å²) >= 11 is 0. The summed E-state index contributed by atoms with van der Waals surface area (Å²) in [5.41, 5.74) is 7.45. The molecule has 0 saturated heterocycles. The molecule has 1 aliphatic carbocycles. The van der Waals surface area contributed by atoms with Crippen molar-refractivity contribution in [3.63, 3.8) is 0 Å². The zero-order chi connectivity index (χ0) is 10.9. The van der Waals surface area contributed by atoms with Gasteiger partial charge in [0.25, 0.3) is 0 Å². The van der Waals surface area contributed by atoms with Gasteiger partial charge >= 0.3 is 0 Å². The molecular formula is C13H19NO. The molecule has 82 valence electrons. The van der Waals surface area contributed by atoms with E-state index < -0.39 is 5.60 Å². The lowest BCUT2D eigenvalue weighted by molar-refractivity contribution is -0.0206. The number of hydrogen-bond acceptors (Lipinski definition) is 2. The SMILES string of the molecule is CCC(CN)C1(O)CCc2ccccc21. The van der Waals surface area contributed by atoms with E-state index in [9.17, 15) is 5.11 Å². The molecule has 2 unspecified atom stereocenters. The van der Waals surface area contributed by atoms with Gasteiger partial charge in [-0.1, -0.05) is 31.2 Å². The second-order valence-corrected chi connectivity index (χ2v) is 4.42. The van der Waals surface area contributed by atoms with Crippen LogP contribution in [0.25, 0.3) is 0 Å². The lowest BCUT2D eigenvalue weighted by atomic mass is 9.81. The highest BCUT2D eigenvalue weighted by molar-refractivity contribution is 5.37. The number of aryl methyl sites for hydroxylation is 1. The molecule has 1 aromatic rings. The third-order valence-electron chi connectivity index (χ3n) is 3.71. The van der Waals surface area contributed by atoms with Gasteiger partial charge in [0, 0.05) is 5.92 Å². The van der Waals surface area contributed by atoms with Gasteiger partial charge in [0.1, 0.15) is 0 Å². The molecule has 1 aromatic carbocycles. The van der Waals surface area contributed by atoms with Crippen LogP contribution >= 0.6 is 0 Å². The van der Waals surface area contributed by atoms with E-state index in [2.05, 4.69) is 13.0 Å². The first kappa shape index (κ1) is 10.7. The first-order valence-electron chi connectivity index (χ1n) is 5.73. The Hall–Kier alpha value is -0.860. The van der Waals surface area contributed by atoms with Crippen molar-refractivity contribution in [2.24, 2.45) is 11.7 Å². The third-order valence-corrected chi connectivity index (χ3v) is 3.71. The Morgan fingerprint density at radius 3 is 2.87 bits per heavy atom. The van der Waals surface area contributed by atoms with Gasteiger partial charge in [-0.15, -0.1) is 0 Å². The summed E-state index contributed by atoms with van der Waals surface area (Å²) in [5.74, 6) is 0.182. The Morgan fingerprint density at radius 2 is 2.20 bits per heavy atom. The van der Waals surface area contributed by atoms with Crippen molar-refractivity contribution in [2.45, 2.75) is 31.8 Å². The van der Waals surface area contributed by atoms with E-state index in [4.69, 9.17) is 5.73 Å². The van der Waals surface area contributed by atoms with Gasteiger partial charge in [-0.25, -0.2) is 0 Å². The number of rotatable bonds is 3. The van der Waals surface area contributed by atoms with Crippen LogP contribution in [0.2, 0.25) is 0 Å². The molecule has 0 spiro atoms. The molecule has 1 aliphatic rings. The molecule has 15 heavy (non-hydrogen) atoms. The van der Waals surface area contributed by atoms with Crippen LogP contribution in [-0.4, -0.2) is 11.7 Å². The molecule has 0 bridgehead atoms. The van der Waals surface area contributed by atoms with Gasteiger partial charge < -0.3 is 10.8 Å². The number of hydrogen-bond donors (Lipinski definition) is 2. The Bertz CT molecular complexity index is 346. The standard InChI is InChI=1S/C13H19NO/c1-2-11(9-14)13(15)8-7-10-5-3-4-6-12(10)13/h3-6,11,15H,2,7-9,14H2,1H3. The number of nitrogens with two attached hydrogens (primary N) is 1. The fraction of sp³-hybridized carbons (Fsp3) is 0.538. The number of fused-ring (bicyclic) bond motifs is 1. The van der Waals surface area contributed by atoms with E-state index in [0.717, 1.165) is 24.8 Å². The van der Waals surface area contributed by atoms with Crippen molar-refractivity contribution in [3.8, 4) is 0 Å². The van der Waals surface area contributed by atoms with E-state index in [0.29, 0.717) is 6.54 Å². The van der Waals surface area contributed by atoms with Crippen LogP contribution in [-0.2, 0) is 12.0 Å². The summed E-state index contributed by atoms with van der Waals surface area (Å²) in [7, 11) is 0. The Kier molecular flexibility index (Phi) is 2.81. The topological polar surface area (TPSA) is 46.2 Å². The predicted molar refractivity (Wildman–Crippen MR) is 61.5 cm³/mol. The number of benzene rings is 1. The Labute approximate surface area is 91.1 Å². The predicted octanol–water partition coefficient (Wildman–Crippen LogP) is 1.81. The highest BCUT2D eigenvalue weighted by Crippen LogP contribution is 2.42. The van der Waals surface area contributed by atoms with Crippen LogP contribution in [0.4, 0.5) is 0 Å². The number of aliphatic hydroxyl groups is 1. The minimum absolute atomic E-state index is 0.182. The van der Waals surface area contributed by atoms with Crippen molar-refractivity contribution in [1.29, 1.82) is 0 Å². The van der Waals surface area contributed by atoms with Gasteiger partial charge in [0.2, 0.25) is 0 Å². The summed E-state index contributed by atoms with van der Waals surface area (Å²) in [6, 6.07) is 8.18. The first-order chi connectivity index (χ1) is 7.22. The smallest absolute Gasteiger partial charge is 0.0942 e. The van der Waals surface area contributed by atoms with Gasteiger partial charge in [-0.3, -0.25) is 0 Å². The molecule has 0 heterocycles. The van der Waals surface area contributed by atoms with E-state index in [1.165, 1.54) is 5.56 Å². The maximum atomic E-state index is 10.7. The summed E-state index contributed by atoms with van der Waals surface area (Å²) < 4.78 is 0. The van der Waals surface area contributed by atoms with E-state index in [-0.39, 0.29) is 5.92 Å². The van der Waals surface area contributed by atoms with E-state index in [1.807, 2.05) is 18.2 Å². The van der Waals surface area contributed by atoms with Crippen molar-refractivity contribution in [1.82, 2.24) is 0 Å². The molecule has 0 aliphatic heterocycles. The zero-order valence-corrected chi connectivity index (χ0v) is 9.24. The molecule has 2 heteroatoms. The fourth-order valence-electron chi connectivity index (χ4n) is 2.74. The maximum absolute atomic E-state index is 10.7. The minimum Gasteiger partial charge on any atom is -0.385 e. The van der Waals surface area contributed by atoms with Crippen molar-refractivity contribution < 1.29 is 5.11 Å². The maximum Gasteiger partial charge on any atom is 0.0942 e. The molecule has 2 nitrogen and oxygen atoms in total.